The van der Waals surface area contributed by atoms with E-state index in [1.807, 2.05) is 6.92 Å². The number of rotatable bonds is 6. The lowest BCUT2D eigenvalue weighted by molar-refractivity contribution is 0.0596. The minimum Gasteiger partial charge on any atom is -0.338 e. The summed E-state index contributed by atoms with van der Waals surface area (Å²) in [4.78, 5) is 17.0. The summed E-state index contributed by atoms with van der Waals surface area (Å²) in [7, 11) is -3.88. The highest BCUT2D eigenvalue weighted by Crippen LogP contribution is 2.20. The number of hydrogen-bond acceptors (Lipinski definition) is 6. The summed E-state index contributed by atoms with van der Waals surface area (Å²) in [6.45, 7) is 1.86. The van der Waals surface area contributed by atoms with Crippen molar-refractivity contribution in [1.82, 2.24) is 0 Å². The van der Waals surface area contributed by atoms with E-state index < -0.39 is 16.0 Å². The van der Waals surface area contributed by atoms with Gasteiger partial charge >= 0.3 is 5.97 Å². The largest absolute Gasteiger partial charge is 0.362 e. The number of hydrogen-bond donors (Lipinski definition) is 1. The van der Waals surface area contributed by atoms with Crippen LogP contribution in [-0.4, -0.2) is 14.4 Å². The van der Waals surface area contributed by atoms with Crippen LogP contribution in [0.5, 0.6) is 0 Å². The van der Waals surface area contributed by atoms with Gasteiger partial charge in [-0.3, -0.25) is 0 Å². The molecule has 0 amide bonds. The van der Waals surface area contributed by atoms with Gasteiger partial charge in [-0.05, 0) is 67.6 Å². The Morgan fingerprint density at radius 3 is 2.17 bits per heavy atom. The Bertz CT molecular complexity index is 1130. The fourth-order valence-corrected chi connectivity index (χ4v) is 3.11. The van der Waals surface area contributed by atoms with Crippen LogP contribution in [-0.2, 0) is 14.9 Å². The van der Waals surface area contributed by atoms with Crippen molar-refractivity contribution in [1.29, 1.82) is 0 Å². The summed E-state index contributed by atoms with van der Waals surface area (Å²) in [5, 5.41) is 4.28. The van der Waals surface area contributed by atoms with E-state index in [1.165, 1.54) is 24.3 Å². The lowest BCUT2D eigenvalue weighted by Gasteiger charge is -2.07. The number of carbonyl (C=O) groups is 1. The fraction of sp³-hybridized carbons (Fsp3) is 0.0500. The van der Waals surface area contributed by atoms with Gasteiger partial charge < -0.3 is 4.84 Å². The molecule has 0 radical (unpaired) electrons. The van der Waals surface area contributed by atoms with E-state index in [2.05, 4.69) is 15.1 Å². The second kappa shape index (κ2) is 8.85. The van der Waals surface area contributed by atoms with Gasteiger partial charge in [0.25, 0.3) is 10.0 Å². The standard InChI is InChI=1S/C20H16ClN3O4S/c1-14-2-12-19(13-3-14)29(26,27)24-22-17-8-10-18(11-9-17)23-28-20(25)15-4-6-16(21)7-5-15/h2-13,23H,1H3. The van der Waals surface area contributed by atoms with Gasteiger partial charge in [0.2, 0.25) is 0 Å². The molecule has 0 aliphatic heterocycles. The molecule has 9 heteroatoms. The summed E-state index contributed by atoms with van der Waals surface area (Å²) >= 11 is 5.78. The first-order chi connectivity index (χ1) is 13.8. The van der Waals surface area contributed by atoms with Crippen molar-refractivity contribution in [3.63, 3.8) is 0 Å². The first-order valence-electron chi connectivity index (χ1n) is 8.41. The Hall–Kier alpha value is -3.23. The highest BCUT2D eigenvalue weighted by atomic mass is 35.5. The number of benzene rings is 3. The Morgan fingerprint density at radius 2 is 1.55 bits per heavy atom. The zero-order valence-electron chi connectivity index (χ0n) is 15.2. The van der Waals surface area contributed by atoms with E-state index in [0.29, 0.717) is 22.0 Å². The van der Waals surface area contributed by atoms with Crippen LogP contribution < -0.4 is 5.48 Å². The molecule has 29 heavy (non-hydrogen) atoms. The van der Waals surface area contributed by atoms with Crippen LogP contribution in [0.25, 0.3) is 0 Å². The maximum absolute atomic E-state index is 12.2. The van der Waals surface area contributed by atoms with Gasteiger partial charge in [0.15, 0.2) is 0 Å². The molecule has 0 aliphatic rings. The van der Waals surface area contributed by atoms with Gasteiger partial charge in [0.05, 0.1) is 21.8 Å². The van der Waals surface area contributed by atoms with Gasteiger partial charge in [-0.1, -0.05) is 33.8 Å². The topological polar surface area (TPSA) is 97.2 Å². The van der Waals surface area contributed by atoms with Crippen LogP contribution in [0.4, 0.5) is 11.4 Å². The minimum absolute atomic E-state index is 0.0687. The Morgan fingerprint density at radius 1 is 0.931 bits per heavy atom. The molecule has 0 saturated carbocycles. The predicted octanol–water partition coefficient (Wildman–Crippen LogP) is 5.30. The zero-order valence-corrected chi connectivity index (χ0v) is 16.8. The van der Waals surface area contributed by atoms with Crippen LogP contribution in [0, 0.1) is 6.92 Å². The first kappa shape index (κ1) is 20.5. The number of carbonyl (C=O) groups excluding carboxylic acids is 1. The van der Waals surface area contributed by atoms with Gasteiger partial charge in [0.1, 0.15) is 0 Å². The molecule has 0 aromatic heterocycles. The third-order valence-corrected chi connectivity index (χ3v) is 5.21. The minimum atomic E-state index is -3.88. The lowest BCUT2D eigenvalue weighted by atomic mass is 10.2. The molecule has 3 aromatic carbocycles. The van der Waals surface area contributed by atoms with Crippen LogP contribution in [0.3, 0.4) is 0 Å². The lowest BCUT2D eigenvalue weighted by Crippen LogP contribution is -2.10. The van der Waals surface area contributed by atoms with E-state index >= 15 is 0 Å². The van der Waals surface area contributed by atoms with E-state index in [0.717, 1.165) is 5.56 Å². The van der Waals surface area contributed by atoms with Crippen LogP contribution in [0.1, 0.15) is 15.9 Å². The first-order valence-corrected chi connectivity index (χ1v) is 10.2. The predicted molar refractivity (Wildman–Crippen MR) is 110 cm³/mol. The average molecular weight is 430 g/mol. The molecule has 3 aromatic rings. The SMILES string of the molecule is Cc1ccc(S(=O)(=O)N=Nc2ccc(NOC(=O)c3ccc(Cl)cc3)cc2)cc1. The third kappa shape index (κ3) is 5.63. The molecule has 0 heterocycles. The maximum atomic E-state index is 12.2. The van der Waals surface area contributed by atoms with Crippen molar-refractivity contribution in [3.05, 3.63) is 88.9 Å². The molecule has 1 N–H and O–H groups in total. The maximum Gasteiger partial charge on any atom is 0.362 e. The summed E-state index contributed by atoms with van der Waals surface area (Å²) in [5.74, 6) is -0.574. The van der Waals surface area contributed by atoms with Crippen molar-refractivity contribution >= 4 is 39.0 Å². The molecule has 0 unspecified atom stereocenters. The van der Waals surface area contributed by atoms with Gasteiger partial charge in [-0.2, -0.15) is 8.42 Å². The van der Waals surface area contributed by atoms with Crippen LogP contribution in [0.2, 0.25) is 5.02 Å². The number of anilines is 1. The molecule has 3 rings (SSSR count). The second-order valence-electron chi connectivity index (χ2n) is 6.02. The van der Waals surface area contributed by atoms with E-state index in [1.54, 1.807) is 48.5 Å². The molecule has 0 saturated heterocycles. The van der Waals surface area contributed by atoms with Crippen molar-refractivity contribution in [3.8, 4) is 0 Å². The molecule has 0 aliphatic carbocycles. The fourth-order valence-electron chi connectivity index (χ4n) is 2.20. The normalized spacial score (nSPS) is 11.4. The molecule has 148 valence electrons. The van der Waals surface area contributed by atoms with Crippen molar-refractivity contribution < 1.29 is 18.0 Å². The molecule has 0 fully saturated rings. The van der Waals surface area contributed by atoms with Crippen molar-refractivity contribution in [2.24, 2.45) is 9.63 Å². The van der Waals surface area contributed by atoms with Crippen LogP contribution in [0.15, 0.2) is 87.3 Å². The number of sulfonamides is 1. The molecule has 7 nitrogen and oxygen atoms in total. The van der Waals surface area contributed by atoms with E-state index in [9.17, 15) is 13.2 Å². The second-order valence-corrected chi connectivity index (χ2v) is 8.04. The number of halogens is 1. The average Bonchev–Trinajstić information content (AvgIpc) is 2.72. The molecule has 0 spiro atoms. The monoisotopic (exact) mass is 429 g/mol. The molecule has 0 atom stereocenters. The third-order valence-electron chi connectivity index (χ3n) is 3.79. The number of aryl methyl sites for hydroxylation is 1. The van der Waals surface area contributed by atoms with Crippen molar-refractivity contribution in [2.45, 2.75) is 11.8 Å². The summed E-state index contributed by atoms with van der Waals surface area (Å²) in [5.41, 5.74) is 4.61. The summed E-state index contributed by atoms with van der Waals surface area (Å²) in [6, 6.07) is 18.8. The van der Waals surface area contributed by atoms with E-state index in [-0.39, 0.29) is 4.90 Å². The highest BCUT2D eigenvalue weighted by Gasteiger charge is 2.12. The van der Waals surface area contributed by atoms with Gasteiger partial charge in [-0.25, -0.2) is 10.3 Å². The van der Waals surface area contributed by atoms with Gasteiger partial charge in [-0.15, -0.1) is 5.11 Å². The zero-order chi connectivity index (χ0) is 20.9. The van der Waals surface area contributed by atoms with E-state index in [4.69, 9.17) is 16.4 Å². The Labute approximate surface area is 173 Å². The van der Waals surface area contributed by atoms with Crippen molar-refractivity contribution in [2.75, 3.05) is 5.48 Å². The van der Waals surface area contributed by atoms with Crippen LogP contribution >= 0.6 is 11.6 Å². The molecular formula is C20H16ClN3O4S. The number of nitrogens with one attached hydrogen (secondary N) is 1. The van der Waals surface area contributed by atoms with Gasteiger partial charge in [0, 0.05) is 5.02 Å². The summed E-state index contributed by atoms with van der Waals surface area (Å²) < 4.78 is 27.8. The Balaban J connectivity index is 1.61. The quantitative estimate of drug-likeness (QED) is 0.423. The highest BCUT2D eigenvalue weighted by molar-refractivity contribution is 7.90. The number of nitrogens with zero attached hydrogens (tertiary/aromatic N) is 2. The Kier molecular flexibility index (Phi) is 6.26. The smallest absolute Gasteiger partial charge is 0.338 e. The summed E-state index contributed by atoms with van der Waals surface area (Å²) in [6.07, 6.45) is 0. The molecule has 0 bridgehead atoms. The molecular weight excluding hydrogens is 414 g/mol.